The molecule has 0 aliphatic carbocycles. The van der Waals surface area contributed by atoms with Crippen molar-refractivity contribution in [2.45, 2.75) is 11.4 Å². The number of aromatic nitrogens is 2. The monoisotopic (exact) mass is 296 g/mol. The zero-order valence-electron chi connectivity index (χ0n) is 9.59. The number of nitrogens with one attached hydrogen (secondary N) is 2. The third kappa shape index (κ3) is 3.12. The van der Waals surface area contributed by atoms with E-state index in [1.54, 1.807) is 6.07 Å². The standard InChI is InChI=1S/C11H9ClN4O2S/c12-11-5-10(2-1-8(11)6-13)19(17,18)15-7-9-3-4-14-16-9/h1-5,15H,7H2,(H,14,16). The van der Waals surface area contributed by atoms with E-state index in [9.17, 15) is 8.42 Å². The largest absolute Gasteiger partial charge is 0.281 e. The van der Waals surface area contributed by atoms with E-state index in [4.69, 9.17) is 16.9 Å². The van der Waals surface area contributed by atoms with Gasteiger partial charge in [0, 0.05) is 6.20 Å². The number of rotatable bonds is 4. The van der Waals surface area contributed by atoms with Crippen LogP contribution >= 0.6 is 11.6 Å². The molecule has 0 saturated carbocycles. The molecule has 2 aromatic rings. The van der Waals surface area contributed by atoms with Crippen molar-refractivity contribution in [3.8, 4) is 6.07 Å². The molecule has 1 aromatic heterocycles. The highest BCUT2D eigenvalue weighted by Crippen LogP contribution is 2.20. The third-order valence-electron chi connectivity index (χ3n) is 2.38. The Kier molecular flexibility index (Phi) is 3.85. The molecule has 0 fully saturated rings. The molecule has 2 rings (SSSR count). The van der Waals surface area contributed by atoms with Crippen molar-refractivity contribution >= 4 is 21.6 Å². The molecule has 0 aliphatic heterocycles. The molecule has 0 bridgehead atoms. The average Bonchev–Trinajstić information content (AvgIpc) is 2.89. The number of aromatic amines is 1. The van der Waals surface area contributed by atoms with Gasteiger partial charge in [-0.15, -0.1) is 0 Å². The molecule has 1 aromatic carbocycles. The van der Waals surface area contributed by atoms with E-state index in [0.29, 0.717) is 5.69 Å². The first-order chi connectivity index (χ1) is 9.03. The summed E-state index contributed by atoms with van der Waals surface area (Å²) < 4.78 is 26.4. The SMILES string of the molecule is N#Cc1ccc(S(=O)(=O)NCc2ccn[nH]2)cc1Cl. The second kappa shape index (κ2) is 5.40. The van der Waals surface area contributed by atoms with E-state index in [1.165, 1.54) is 24.4 Å². The summed E-state index contributed by atoms with van der Waals surface area (Å²) in [6, 6.07) is 7.48. The fourth-order valence-corrected chi connectivity index (χ4v) is 2.71. The molecular weight excluding hydrogens is 288 g/mol. The summed E-state index contributed by atoms with van der Waals surface area (Å²) in [6.07, 6.45) is 1.53. The quantitative estimate of drug-likeness (QED) is 0.891. The topological polar surface area (TPSA) is 98.6 Å². The van der Waals surface area contributed by atoms with Crippen molar-refractivity contribution in [3.63, 3.8) is 0 Å². The van der Waals surface area contributed by atoms with Crippen LogP contribution in [0.3, 0.4) is 0 Å². The molecular formula is C11H9ClN4O2S. The van der Waals surface area contributed by atoms with Crippen molar-refractivity contribution in [2.24, 2.45) is 0 Å². The van der Waals surface area contributed by atoms with Gasteiger partial charge in [0.2, 0.25) is 10.0 Å². The number of benzene rings is 1. The summed E-state index contributed by atoms with van der Waals surface area (Å²) in [5, 5.41) is 15.2. The van der Waals surface area contributed by atoms with Crippen molar-refractivity contribution < 1.29 is 8.42 Å². The predicted octanol–water partition coefficient (Wildman–Crippen LogP) is 1.41. The molecule has 19 heavy (non-hydrogen) atoms. The highest BCUT2D eigenvalue weighted by Gasteiger charge is 2.15. The fraction of sp³-hybridized carbons (Fsp3) is 0.0909. The first-order valence-corrected chi connectivity index (χ1v) is 7.06. The normalized spacial score (nSPS) is 11.2. The van der Waals surface area contributed by atoms with Gasteiger partial charge in [-0.25, -0.2) is 13.1 Å². The Labute approximate surface area is 115 Å². The number of hydrogen-bond acceptors (Lipinski definition) is 4. The minimum absolute atomic E-state index is 0.0102. The van der Waals surface area contributed by atoms with Crippen molar-refractivity contribution in [2.75, 3.05) is 0 Å². The summed E-state index contributed by atoms with van der Waals surface area (Å²) in [5.41, 5.74) is 0.873. The maximum atomic E-state index is 12.0. The third-order valence-corrected chi connectivity index (χ3v) is 4.09. The molecule has 6 nitrogen and oxygen atoms in total. The lowest BCUT2D eigenvalue weighted by Gasteiger charge is -2.06. The lowest BCUT2D eigenvalue weighted by Crippen LogP contribution is -2.23. The summed E-state index contributed by atoms with van der Waals surface area (Å²) >= 11 is 5.80. The summed E-state index contributed by atoms with van der Waals surface area (Å²) in [5.74, 6) is 0. The van der Waals surface area contributed by atoms with Gasteiger partial charge >= 0.3 is 0 Å². The van der Waals surface area contributed by atoms with Gasteiger partial charge in [0.1, 0.15) is 6.07 Å². The molecule has 1 heterocycles. The Morgan fingerprint density at radius 3 is 2.79 bits per heavy atom. The van der Waals surface area contributed by atoms with Crippen LogP contribution < -0.4 is 4.72 Å². The Morgan fingerprint density at radius 2 is 2.21 bits per heavy atom. The Bertz CT molecular complexity index is 720. The highest BCUT2D eigenvalue weighted by atomic mass is 35.5. The lowest BCUT2D eigenvalue weighted by molar-refractivity contribution is 0.580. The van der Waals surface area contributed by atoms with Gasteiger partial charge in [-0.2, -0.15) is 10.4 Å². The van der Waals surface area contributed by atoms with Crippen molar-refractivity contribution in [1.29, 1.82) is 5.26 Å². The number of nitrogens with zero attached hydrogens (tertiary/aromatic N) is 2. The van der Waals surface area contributed by atoms with Crippen LogP contribution in [0.5, 0.6) is 0 Å². The minimum atomic E-state index is -3.68. The zero-order valence-corrected chi connectivity index (χ0v) is 11.2. The molecule has 0 aliphatic rings. The van der Waals surface area contributed by atoms with Crippen LogP contribution in [0.2, 0.25) is 5.02 Å². The Balaban J connectivity index is 2.20. The summed E-state index contributed by atoms with van der Waals surface area (Å²) in [6.45, 7) is 0.0972. The summed E-state index contributed by atoms with van der Waals surface area (Å²) in [4.78, 5) is 0.0102. The van der Waals surface area contributed by atoms with Gasteiger partial charge in [-0.05, 0) is 24.3 Å². The van der Waals surface area contributed by atoms with Crippen LogP contribution in [0.1, 0.15) is 11.3 Å². The van der Waals surface area contributed by atoms with Crippen molar-refractivity contribution in [3.05, 3.63) is 46.7 Å². The van der Waals surface area contributed by atoms with Crippen LogP contribution in [0.4, 0.5) is 0 Å². The predicted molar refractivity (Wildman–Crippen MR) is 68.8 cm³/mol. The number of H-pyrrole nitrogens is 1. The number of nitriles is 1. The van der Waals surface area contributed by atoms with Crippen LogP contribution in [0.25, 0.3) is 0 Å². The molecule has 8 heteroatoms. The first-order valence-electron chi connectivity index (χ1n) is 5.20. The van der Waals surface area contributed by atoms with E-state index >= 15 is 0 Å². The van der Waals surface area contributed by atoms with Gasteiger partial charge in [-0.3, -0.25) is 5.10 Å². The van der Waals surface area contributed by atoms with Gasteiger partial charge in [0.05, 0.1) is 27.7 Å². The molecule has 0 radical (unpaired) electrons. The number of hydrogen-bond donors (Lipinski definition) is 2. The number of halogens is 1. The van der Waals surface area contributed by atoms with E-state index in [2.05, 4.69) is 14.9 Å². The maximum absolute atomic E-state index is 12.0. The van der Waals surface area contributed by atoms with Crippen LogP contribution in [-0.4, -0.2) is 18.6 Å². The van der Waals surface area contributed by atoms with Gasteiger partial charge < -0.3 is 0 Å². The smallest absolute Gasteiger partial charge is 0.240 e. The molecule has 2 N–H and O–H groups in total. The molecule has 0 atom stereocenters. The molecule has 0 unspecified atom stereocenters. The molecule has 98 valence electrons. The fourth-order valence-electron chi connectivity index (χ4n) is 1.39. The average molecular weight is 297 g/mol. The van der Waals surface area contributed by atoms with E-state index in [0.717, 1.165) is 0 Å². The second-order valence-electron chi connectivity index (χ2n) is 3.66. The molecule has 0 spiro atoms. The Hall–Kier alpha value is -1.88. The highest BCUT2D eigenvalue weighted by molar-refractivity contribution is 7.89. The lowest BCUT2D eigenvalue weighted by atomic mass is 10.2. The zero-order chi connectivity index (χ0) is 13.9. The molecule has 0 saturated heterocycles. The second-order valence-corrected chi connectivity index (χ2v) is 5.83. The van der Waals surface area contributed by atoms with Crippen LogP contribution in [0.15, 0.2) is 35.4 Å². The van der Waals surface area contributed by atoms with E-state index < -0.39 is 10.0 Å². The van der Waals surface area contributed by atoms with Crippen LogP contribution in [-0.2, 0) is 16.6 Å². The Morgan fingerprint density at radius 1 is 1.42 bits per heavy atom. The molecule has 0 amide bonds. The van der Waals surface area contributed by atoms with Crippen molar-refractivity contribution in [1.82, 2.24) is 14.9 Å². The minimum Gasteiger partial charge on any atom is -0.281 e. The van der Waals surface area contributed by atoms with Gasteiger partial charge in [-0.1, -0.05) is 11.6 Å². The van der Waals surface area contributed by atoms with E-state index in [-0.39, 0.29) is 22.0 Å². The van der Waals surface area contributed by atoms with E-state index in [1.807, 2.05) is 6.07 Å². The number of sulfonamides is 1. The van der Waals surface area contributed by atoms with Gasteiger partial charge in [0.15, 0.2) is 0 Å². The van der Waals surface area contributed by atoms with Gasteiger partial charge in [0.25, 0.3) is 0 Å². The summed E-state index contributed by atoms with van der Waals surface area (Å²) in [7, 11) is -3.68. The maximum Gasteiger partial charge on any atom is 0.240 e. The van der Waals surface area contributed by atoms with Crippen LogP contribution in [0, 0.1) is 11.3 Å². The first kappa shape index (κ1) is 13.5.